The standard InChI is InChI=1S/C28H33F5O2/c1-2-34-25-15-9-22(10-16-25)20-5-3-19(4-6-20)21-7-11-24(12-8-21)28(32,33)35-26-17-13-23(14-18-26)27(29,30)31/h9-10,13-21,24H,2-8,11-12H2,1H3. The van der Waals surface area contributed by atoms with Gasteiger partial charge in [-0.3, -0.25) is 0 Å². The van der Waals surface area contributed by atoms with Crippen LogP contribution in [0.15, 0.2) is 48.5 Å². The lowest BCUT2D eigenvalue weighted by molar-refractivity contribution is -0.224. The second-order valence-corrected chi connectivity index (χ2v) is 9.91. The predicted octanol–water partition coefficient (Wildman–Crippen LogP) is 8.86. The Morgan fingerprint density at radius 3 is 1.71 bits per heavy atom. The highest BCUT2D eigenvalue weighted by molar-refractivity contribution is 5.30. The summed E-state index contributed by atoms with van der Waals surface area (Å²) >= 11 is 0. The maximum atomic E-state index is 14.8. The smallest absolute Gasteiger partial charge is 0.416 e. The number of rotatable bonds is 7. The molecule has 2 fully saturated rings. The van der Waals surface area contributed by atoms with E-state index in [9.17, 15) is 22.0 Å². The molecule has 0 spiro atoms. The van der Waals surface area contributed by atoms with Crippen molar-refractivity contribution in [2.75, 3.05) is 6.61 Å². The molecule has 0 N–H and O–H groups in total. The lowest BCUT2D eigenvalue weighted by Gasteiger charge is -2.39. The van der Waals surface area contributed by atoms with Crippen molar-refractivity contribution in [1.82, 2.24) is 0 Å². The van der Waals surface area contributed by atoms with E-state index < -0.39 is 23.8 Å². The number of benzene rings is 2. The van der Waals surface area contributed by atoms with Crippen molar-refractivity contribution in [3.8, 4) is 11.5 Å². The van der Waals surface area contributed by atoms with E-state index in [0.29, 0.717) is 37.2 Å². The third-order valence-corrected chi connectivity index (χ3v) is 7.78. The Bertz CT molecular complexity index is 923. The van der Waals surface area contributed by atoms with Gasteiger partial charge in [0.25, 0.3) is 0 Å². The molecule has 2 aromatic rings. The Labute approximate surface area is 203 Å². The van der Waals surface area contributed by atoms with Crippen LogP contribution in [0.1, 0.15) is 75.3 Å². The number of hydrogen-bond acceptors (Lipinski definition) is 2. The normalized spacial score (nSPS) is 25.8. The summed E-state index contributed by atoms with van der Waals surface area (Å²) in [5, 5.41) is 0. The molecule has 0 amide bonds. The highest BCUT2D eigenvalue weighted by Crippen LogP contribution is 2.47. The first-order chi connectivity index (χ1) is 16.7. The molecule has 4 rings (SSSR count). The van der Waals surface area contributed by atoms with Gasteiger partial charge in [-0.1, -0.05) is 12.1 Å². The summed E-state index contributed by atoms with van der Waals surface area (Å²) in [5.74, 6) is 1.30. The van der Waals surface area contributed by atoms with E-state index in [1.807, 2.05) is 19.1 Å². The van der Waals surface area contributed by atoms with Crippen molar-refractivity contribution in [3.05, 3.63) is 59.7 Å². The van der Waals surface area contributed by atoms with Crippen LogP contribution in [-0.4, -0.2) is 12.7 Å². The number of hydrogen-bond donors (Lipinski definition) is 0. The molecule has 0 heterocycles. The van der Waals surface area contributed by atoms with Crippen LogP contribution in [0.5, 0.6) is 11.5 Å². The van der Waals surface area contributed by atoms with Crippen molar-refractivity contribution >= 4 is 0 Å². The monoisotopic (exact) mass is 496 g/mol. The van der Waals surface area contributed by atoms with Crippen LogP contribution in [0.4, 0.5) is 22.0 Å². The molecule has 2 nitrogen and oxygen atoms in total. The average molecular weight is 497 g/mol. The fourth-order valence-electron chi connectivity index (χ4n) is 5.81. The number of ether oxygens (including phenoxy) is 2. The van der Waals surface area contributed by atoms with Gasteiger partial charge < -0.3 is 9.47 Å². The zero-order valence-corrected chi connectivity index (χ0v) is 20.0. The lowest BCUT2D eigenvalue weighted by atomic mass is 9.68. The summed E-state index contributed by atoms with van der Waals surface area (Å²) in [6, 6.07) is 11.8. The molecule has 2 aliphatic rings. The van der Waals surface area contributed by atoms with Gasteiger partial charge in [-0.15, -0.1) is 0 Å². The molecule has 192 valence electrons. The van der Waals surface area contributed by atoms with E-state index in [1.165, 1.54) is 5.56 Å². The lowest BCUT2D eigenvalue weighted by Crippen LogP contribution is -2.38. The van der Waals surface area contributed by atoms with Gasteiger partial charge in [-0.2, -0.15) is 22.0 Å². The molecular formula is C28H33F5O2. The zero-order valence-electron chi connectivity index (χ0n) is 20.0. The van der Waals surface area contributed by atoms with Crippen LogP contribution in [0.2, 0.25) is 0 Å². The van der Waals surface area contributed by atoms with Gasteiger partial charge in [0.1, 0.15) is 11.5 Å². The van der Waals surface area contributed by atoms with Crippen molar-refractivity contribution in [2.45, 2.75) is 76.5 Å². The van der Waals surface area contributed by atoms with E-state index in [4.69, 9.17) is 9.47 Å². The minimum absolute atomic E-state index is 0.238. The van der Waals surface area contributed by atoms with Crippen LogP contribution in [0.25, 0.3) is 0 Å². The molecule has 0 aromatic heterocycles. The average Bonchev–Trinajstić information content (AvgIpc) is 2.84. The van der Waals surface area contributed by atoms with Crippen molar-refractivity contribution in [2.24, 2.45) is 17.8 Å². The summed E-state index contributed by atoms with van der Waals surface area (Å²) in [4.78, 5) is 0. The highest BCUT2D eigenvalue weighted by Gasteiger charge is 2.45. The SMILES string of the molecule is CCOc1ccc(C2CCC(C3CCC(C(F)(F)Oc4ccc(C(F)(F)F)cc4)CC3)CC2)cc1. The molecule has 0 bridgehead atoms. The largest absolute Gasteiger partial charge is 0.494 e. The summed E-state index contributed by atoms with van der Waals surface area (Å²) in [5.41, 5.74) is 0.460. The Morgan fingerprint density at radius 1 is 0.686 bits per heavy atom. The second-order valence-electron chi connectivity index (χ2n) is 9.91. The predicted molar refractivity (Wildman–Crippen MR) is 125 cm³/mol. The summed E-state index contributed by atoms with van der Waals surface area (Å²) < 4.78 is 78.0. The van der Waals surface area contributed by atoms with Crippen molar-refractivity contribution in [1.29, 1.82) is 0 Å². The van der Waals surface area contributed by atoms with Gasteiger partial charge in [0.2, 0.25) is 0 Å². The molecule has 0 atom stereocenters. The topological polar surface area (TPSA) is 18.5 Å². The number of halogens is 5. The third kappa shape index (κ3) is 6.47. The van der Waals surface area contributed by atoms with Gasteiger partial charge in [-0.25, -0.2) is 0 Å². The van der Waals surface area contributed by atoms with Gasteiger partial charge >= 0.3 is 12.3 Å². The first-order valence-corrected chi connectivity index (χ1v) is 12.6. The molecule has 7 heteroatoms. The van der Waals surface area contributed by atoms with Gasteiger partial charge in [0, 0.05) is 0 Å². The summed E-state index contributed by atoms with van der Waals surface area (Å²) in [6.45, 7) is 2.62. The second kappa shape index (κ2) is 10.8. The molecule has 0 unspecified atom stereocenters. The third-order valence-electron chi connectivity index (χ3n) is 7.78. The Balaban J connectivity index is 1.24. The first-order valence-electron chi connectivity index (χ1n) is 12.6. The molecule has 2 aromatic carbocycles. The first kappa shape index (κ1) is 25.8. The Kier molecular flexibility index (Phi) is 7.92. The quantitative estimate of drug-likeness (QED) is 0.357. The van der Waals surface area contributed by atoms with E-state index in [0.717, 1.165) is 68.5 Å². The maximum absolute atomic E-state index is 14.8. The highest BCUT2D eigenvalue weighted by atomic mass is 19.4. The summed E-state index contributed by atoms with van der Waals surface area (Å²) in [7, 11) is 0. The maximum Gasteiger partial charge on any atom is 0.416 e. The van der Waals surface area contributed by atoms with Crippen LogP contribution in [-0.2, 0) is 6.18 Å². The van der Waals surface area contributed by atoms with Gasteiger partial charge in [0.15, 0.2) is 0 Å². The molecule has 2 aliphatic carbocycles. The van der Waals surface area contributed by atoms with Crippen LogP contribution >= 0.6 is 0 Å². The summed E-state index contributed by atoms with van der Waals surface area (Å²) in [6.07, 6.45) is -1.20. The van der Waals surface area contributed by atoms with Crippen molar-refractivity contribution in [3.63, 3.8) is 0 Å². The van der Waals surface area contributed by atoms with Crippen LogP contribution < -0.4 is 9.47 Å². The zero-order chi connectivity index (χ0) is 25.1. The Hall–Kier alpha value is -2.31. The molecule has 35 heavy (non-hydrogen) atoms. The Morgan fingerprint density at radius 2 is 1.20 bits per heavy atom. The van der Waals surface area contributed by atoms with E-state index in [-0.39, 0.29) is 5.75 Å². The van der Waals surface area contributed by atoms with E-state index in [1.54, 1.807) is 0 Å². The van der Waals surface area contributed by atoms with Crippen molar-refractivity contribution < 1.29 is 31.4 Å². The van der Waals surface area contributed by atoms with Crippen LogP contribution in [0.3, 0.4) is 0 Å². The van der Waals surface area contributed by atoms with Crippen LogP contribution in [0, 0.1) is 17.8 Å². The van der Waals surface area contributed by atoms with Gasteiger partial charge in [-0.05, 0) is 118 Å². The molecule has 0 saturated heterocycles. The molecule has 0 radical (unpaired) electrons. The fraction of sp³-hybridized carbons (Fsp3) is 0.571. The van der Waals surface area contributed by atoms with Gasteiger partial charge in [0.05, 0.1) is 18.1 Å². The molecular weight excluding hydrogens is 463 g/mol. The van der Waals surface area contributed by atoms with E-state index >= 15 is 0 Å². The number of alkyl halides is 5. The van der Waals surface area contributed by atoms with E-state index in [2.05, 4.69) is 12.1 Å². The minimum Gasteiger partial charge on any atom is -0.494 e. The molecule has 0 aliphatic heterocycles. The minimum atomic E-state index is -4.51. The fourth-order valence-corrected chi connectivity index (χ4v) is 5.81. The molecule has 2 saturated carbocycles.